The van der Waals surface area contributed by atoms with Crippen LogP contribution in [0.4, 0.5) is 0 Å². The van der Waals surface area contributed by atoms with Crippen LogP contribution in [0.3, 0.4) is 0 Å². The third kappa shape index (κ3) is 7.25. The summed E-state index contributed by atoms with van der Waals surface area (Å²) < 4.78 is 5.86. The fourth-order valence-corrected chi connectivity index (χ4v) is 4.96. The molecule has 4 rings (SSSR count). The van der Waals surface area contributed by atoms with Crippen molar-refractivity contribution in [3.63, 3.8) is 0 Å². The van der Waals surface area contributed by atoms with Crippen molar-refractivity contribution in [2.24, 2.45) is 10.3 Å². The summed E-state index contributed by atoms with van der Waals surface area (Å²) in [5, 5.41) is 29.2. The van der Waals surface area contributed by atoms with Gasteiger partial charge in [0.25, 0.3) is 0 Å². The molecule has 10 heteroatoms. The van der Waals surface area contributed by atoms with E-state index in [1.54, 1.807) is 0 Å². The smallest absolute Gasteiger partial charge is 0.329 e. The molecule has 190 valence electrons. The second-order valence-corrected chi connectivity index (χ2v) is 9.59. The lowest BCUT2D eigenvalue weighted by Gasteiger charge is -2.41. The first kappa shape index (κ1) is 25.1. The van der Waals surface area contributed by atoms with Crippen molar-refractivity contribution < 1.29 is 29.4 Å². The zero-order valence-electron chi connectivity index (χ0n) is 20.0. The summed E-state index contributed by atoms with van der Waals surface area (Å²) in [7, 11) is 0. The fraction of sp³-hybridized carbons (Fsp3) is 0.600. The number of oxime groups is 1. The molecule has 0 aromatic heterocycles. The Hall–Kier alpha value is -2.98. The number of benzene rings is 1. The number of carboxylic acid groups (broad SMARTS) is 2. The standard InChI is InChI=1S/C25H34N4O6/c30-23(31)17-28-12-8-25(9-13-28,34-18-24(32)33)15-21-14-22(27-35-21)20-6-4-19(5-7-20)16-26-29-10-2-1-3-11-29/h4-7,16,21H,1-3,8-15,17-18H2,(H,30,31)(H,32,33)/b26-16+. The maximum Gasteiger partial charge on any atom is 0.329 e. The number of likely N-dealkylation sites (tertiary alicyclic amines) is 1. The van der Waals surface area contributed by atoms with Crippen molar-refractivity contribution in [2.45, 2.75) is 56.7 Å². The van der Waals surface area contributed by atoms with E-state index in [4.69, 9.17) is 19.8 Å². The molecule has 2 saturated heterocycles. The predicted molar refractivity (Wildman–Crippen MR) is 130 cm³/mol. The summed E-state index contributed by atoms with van der Waals surface area (Å²) in [6.07, 6.45) is 7.56. The van der Waals surface area contributed by atoms with Crippen molar-refractivity contribution in [1.82, 2.24) is 9.91 Å². The maximum absolute atomic E-state index is 11.2. The van der Waals surface area contributed by atoms with Crippen LogP contribution in [0.15, 0.2) is 34.5 Å². The number of hydrogen-bond donors (Lipinski definition) is 2. The van der Waals surface area contributed by atoms with E-state index in [0.717, 1.165) is 29.9 Å². The van der Waals surface area contributed by atoms with E-state index in [2.05, 4.69) is 15.3 Å². The highest BCUT2D eigenvalue weighted by atomic mass is 16.6. The molecular weight excluding hydrogens is 452 g/mol. The van der Waals surface area contributed by atoms with E-state index in [9.17, 15) is 9.59 Å². The van der Waals surface area contributed by atoms with Crippen LogP contribution in [0.5, 0.6) is 0 Å². The van der Waals surface area contributed by atoms with Gasteiger partial charge in [-0.25, -0.2) is 4.79 Å². The molecule has 1 aromatic carbocycles. The highest BCUT2D eigenvalue weighted by Crippen LogP contribution is 2.34. The van der Waals surface area contributed by atoms with E-state index in [1.807, 2.05) is 35.4 Å². The number of hydrogen-bond acceptors (Lipinski definition) is 8. The Morgan fingerprint density at radius 3 is 2.46 bits per heavy atom. The molecule has 3 aliphatic rings. The van der Waals surface area contributed by atoms with Gasteiger partial charge in [-0.05, 0) is 43.2 Å². The summed E-state index contributed by atoms with van der Waals surface area (Å²) in [6, 6.07) is 8.08. The number of hydrazone groups is 1. The average molecular weight is 487 g/mol. The van der Waals surface area contributed by atoms with Gasteiger partial charge in [0.15, 0.2) is 0 Å². The van der Waals surface area contributed by atoms with Crippen LogP contribution in [0.25, 0.3) is 0 Å². The fourth-order valence-electron chi connectivity index (χ4n) is 4.96. The largest absolute Gasteiger partial charge is 0.480 e. The molecule has 0 radical (unpaired) electrons. The third-order valence-electron chi connectivity index (χ3n) is 6.91. The topological polar surface area (TPSA) is 124 Å². The summed E-state index contributed by atoms with van der Waals surface area (Å²) in [5.74, 6) is -1.89. The van der Waals surface area contributed by atoms with Crippen LogP contribution < -0.4 is 0 Å². The Bertz CT molecular complexity index is 934. The van der Waals surface area contributed by atoms with Gasteiger partial charge in [-0.3, -0.25) is 14.7 Å². The minimum Gasteiger partial charge on any atom is -0.480 e. The number of carbonyl (C=O) groups is 2. The van der Waals surface area contributed by atoms with Gasteiger partial charge in [-0.1, -0.05) is 29.4 Å². The van der Waals surface area contributed by atoms with Gasteiger partial charge >= 0.3 is 11.9 Å². The van der Waals surface area contributed by atoms with E-state index in [1.165, 1.54) is 19.3 Å². The van der Waals surface area contributed by atoms with Crippen LogP contribution >= 0.6 is 0 Å². The lowest BCUT2D eigenvalue weighted by Crippen LogP contribution is -2.49. The second-order valence-electron chi connectivity index (χ2n) is 9.59. The van der Waals surface area contributed by atoms with Crippen LogP contribution in [0.1, 0.15) is 56.1 Å². The molecule has 0 spiro atoms. The maximum atomic E-state index is 11.2. The predicted octanol–water partition coefficient (Wildman–Crippen LogP) is 2.41. The number of aliphatic carboxylic acids is 2. The van der Waals surface area contributed by atoms with Gasteiger partial charge in [-0.15, -0.1) is 0 Å². The first-order valence-corrected chi connectivity index (χ1v) is 12.3. The summed E-state index contributed by atoms with van der Waals surface area (Å²) in [5.41, 5.74) is 2.20. The summed E-state index contributed by atoms with van der Waals surface area (Å²) in [4.78, 5) is 29.8. The third-order valence-corrected chi connectivity index (χ3v) is 6.91. The van der Waals surface area contributed by atoms with Gasteiger partial charge < -0.3 is 19.8 Å². The monoisotopic (exact) mass is 486 g/mol. The zero-order chi connectivity index (χ0) is 24.7. The van der Waals surface area contributed by atoms with Gasteiger partial charge in [0.1, 0.15) is 12.7 Å². The van der Waals surface area contributed by atoms with E-state index in [-0.39, 0.29) is 19.3 Å². The number of nitrogens with zero attached hydrogens (tertiary/aromatic N) is 4. The highest BCUT2D eigenvalue weighted by molar-refractivity contribution is 6.01. The van der Waals surface area contributed by atoms with Crippen LogP contribution in [0.2, 0.25) is 0 Å². The quantitative estimate of drug-likeness (QED) is 0.483. The zero-order valence-corrected chi connectivity index (χ0v) is 20.0. The van der Waals surface area contributed by atoms with Crippen molar-refractivity contribution in [2.75, 3.05) is 39.3 Å². The first-order chi connectivity index (χ1) is 16.9. The molecule has 1 aromatic rings. The molecule has 1 atom stereocenters. The van der Waals surface area contributed by atoms with E-state index < -0.39 is 17.5 Å². The minimum absolute atomic E-state index is 0.0269. The Balaban J connectivity index is 1.32. The number of rotatable bonds is 10. The number of piperidine rings is 2. The van der Waals surface area contributed by atoms with Gasteiger partial charge in [0.2, 0.25) is 0 Å². The number of ether oxygens (including phenoxy) is 1. The highest BCUT2D eigenvalue weighted by Gasteiger charge is 2.40. The lowest BCUT2D eigenvalue weighted by molar-refractivity contribution is -0.159. The molecule has 2 fully saturated rings. The molecule has 35 heavy (non-hydrogen) atoms. The van der Waals surface area contributed by atoms with E-state index >= 15 is 0 Å². The summed E-state index contributed by atoms with van der Waals surface area (Å²) in [6.45, 7) is 2.68. The van der Waals surface area contributed by atoms with Crippen molar-refractivity contribution in [3.8, 4) is 0 Å². The first-order valence-electron chi connectivity index (χ1n) is 12.3. The molecule has 10 nitrogen and oxygen atoms in total. The van der Waals surface area contributed by atoms with Crippen LogP contribution in [-0.2, 0) is 19.2 Å². The Morgan fingerprint density at radius 2 is 1.80 bits per heavy atom. The Kier molecular flexibility index (Phi) is 8.35. The summed E-state index contributed by atoms with van der Waals surface area (Å²) >= 11 is 0. The molecule has 0 aliphatic carbocycles. The average Bonchev–Trinajstić information content (AvgIpc) is 3.32. The van der Waals surface area contributed by atoms with Crippen LogP contribution in [-0.4, -0.2) is 95.0 Å². The second kappa shape index (κ2) is 11.6. The van der Waals surface area contributed by atoms with Crippen molar-refractivity contribution in [3.05, 3.63) is 35.4 Å². The van der Waals surface area contributed by atoms with Crippen molar-refractivity contribution >= 4 is 23.9 Å². The molecule has 3 aliphatic heterocycles. The molecule has 0 amide bonds. The lowest BCUT2D eigenvalue weighted by atomic mass is 9.84. The van der Waals surface area contributed by atoms with Gasteiger partial charge in [0, 0.05) is 39.0 Å². The molecule has 2 N–H and O–H groups in total. The normalized spacial score (nSPS) is 22.7. The van der Waals surface area contributed by atoms with Crippen LogP contribution in [0, 0.1) is 0 Å². The van der Waals surface area contributed by atoms with Gasteiger partial charge in [-0.2, -0.15) is 5.10 Å². The minimum atomic E-state index is -1.02. The number of carboxylic acids is 2. The molecule has 0 bridgehead atoms. The van der Waals surface area contributed by atoms with E-state index in [0.29, 0.717) is 38.8 Å². The molecule has 1 unspecified atom stereocenters. The SMILES string of the molecule is O=C(O)COC1(CC2CC(c3ccc(/C=N/N4CCCCC4)cc3)=NO2)CCN(CC(=O)O)CC1. The molecule has 0 saturated carbocycles. The Morgan fingerprint density at radius 1 is 1.09 bits per heavy atom. The Labute approximate surface area is 205 Å². The molecule has 3 heterocycles. The molecular formula is C25H34N4O6. The van der Waals surface area contributed by atoms with Crippen molar-refractivity contribution in [1.29, 1.82) is 0 Å². The van der Waals surface area contributed by atoms with Gasteiger partial charge in [0.05, 0.1) is 24.1 Å².